The van der Waals surface area contributed by atoms with Crippen molar-refractivity contribution in [1.29, 1.82) is 0 Å². The van der Waals surface area contributed by atoms with Gasteiger partial charge in [0.1, 0.15) is 0 Å². The lowest BCUT2D eigenvalue weighted by atomic mass is 10.1. The van der Waals surface area contributed by atoms with Gasteiger partial charge < -0.3 is 4.90 Å². The minimum absolute atomic E-state index is 0.108. The van der Waals surface area contributed by atoms with E-state index in [0.29, 0.717) is 19.5 Å². The van der Waals surface area contributed by atoms with Crippen LogP contribution >= 0.6 is 11.3 Å². The Morgan fingerprint density at radius 1 is 1.36 bits per heavy atom. The highest BCUT2D eigenvalue weighted by atomic mass is 32.2. The molecule has 1 aromatic heterocycles. The van der Waals surface area contributed by atoms with Gasteiger partial charge >= 0.3 is 6.18 Å². The van der Waals surface area contributed by atoms with E-state index in [9.17, 15) is 21.6 Å². The molecule has 1 aliphatic heterocycles. The second kappa shape index (κ2) is 6.93. The third-order valence-electron chi connectivity index (χ3n) is 3.84. The third kappa shape index (κ3) is 4.71. The van der Waals surface area contributed by atoms with Crippen LogP contribution in [0.1, 0.15) is 17.5 Å². The van der Waals surface area contributed by atoms with E-state index in [4.69, 9.17) is 0 Å². The first kappa shape index (κ1) is 18.2. The van der Waals surface area contributed by atoms with Crippen LogP contribution < -0.4 is 9.62 Å². The van der Waals surface area contributed by atoms with Gasteiger partial charge in [0.2, 0.25) is 10.0 Å². The number of thiazole rings is 1. The molecule has 1 N–H and O–H groups in total. The van der Waals surface area contributed by atoms with Gasteiger partial charge in [-0.15, -0.1) is 11.3 Å². The maximum atomic E-state index is 12.7. The Balaban J connectivity index is 1.63. The smallest absolute Gasteiger partial charge is 0.346 e. The molecule has 2 heterocycles. The standard InChI is InChI=1S/C15H16F3N3O2S2/c16-15(17,18)12-3-1-2-11(8-12)10-25(22,23)20-13-4-6-21(9-13)14-19-5-7-24-14/h1-3,5,7-8,13,20H,4,6,9-10H2. The summed E-state index contributed by atoms with van der Waals surface area (Å²) < 4.78 is 65.3. The van der Waals surface area contributed by atoms with Crippen molar-refractivity contribution in [3.05, 3.63) is 47.0 Å². The number of anilines is 1. The lowest BCUT2D eigenvalue weighted by Gasteiger charge is -2.16. The fourth-order valence-corrected chi connectivity index (χ4v) is 4.84. The molecule has 0 radical (unpaired) electrons. The van der Waals surface area contributed by atoms with Crippen LogP contribution in [0.2, 0.25) is 0 Å². The summed E-state index contributed by atoms with van der Waals surface area (Å²) >= 11 is 1.48. The molecular formula is C15H16F3N3O2S2. The Morgan fingerprint density at radius 2 is 2.16 bits per heavy atom. The normalized spacial score (nSPS) is 18.7. The van der Waals surface area contributed by atoms with E-state index in [1.165, 1.54) is 23.5 Å². The first-order valence-electron chi connectivity index (χ1n) is 7.53. The van der Waals surface area contributed by atoms with E-state index < -0.39 is 27.5 Å². The van der Waals surface area contributed by atoms with Crippen molar-refractivity contribution in [3.63, 3.8) is 0 Å². The molecule has 0 saturated carbocycles. The summed E-state index contributed by atoms with van der Waals surface area (Å²) in [6.45, 7) is 1.18. The highest BCUT2D eigenvalue weighted by molar-refractivity contribution is 7.88. The number of sulfonamides is 1. The highest BCUT2D eigenvalue weighted by Crippen LogP contribution is 2.30. The molecule has 1 unspecified atom stereocenters. The Labute approximate surface area is 147 Å². The Hall–Kier alpha value is -1.65. The number of hydrogen-bond acceptors (Lipinski definition) is 5. The number of rotatable bonds is 5. The van der Waals surface area contributed by atoms with Crippen LogP contribution in [0.4, 0.5) is 18.3 Å². The molecule has 0 spiro atoms. The van der Waals surface area contributed by atoms with Crippen LogP contribution in [-0.2, 0) is 22.0 Å². The summed E-state index contributed by atoms with van der Waals surface area (Å²) in [5.74, 6) is -0.481. The van der Waals surface area contributed by atoms with E-state index >= 15 is 0 Å². The fourth-order valence-electron chi connectivity index (χ4n) is 2.75. The largest absolute Gasteiger partial charge is 0.416 e. The van der Waals surface area contributed by atoms with Gasteiger partial charge in [-0.25, -0.2) is 18.1 Å². The second-order valence-electron chi connectivity index (χ2n) is 5.82. The molecule has 0 bridgehead atoms. The molecule has 1 aromatic carbocycles. The van der Waals surface area contributed by atoms with Crippen molar-refractivity contribution in [1.82, 2.24) is 9.71 Å². The number of halogens is 3. The topological polar surface area (TPSA) is 62.3 Å². The molecule has 3 rings (SSSR count). The summed E-state index contributed by atoms with van der Waals surface area (Å²) in [6.07, 6.45) is -2.18. The van der Waals surface area contributed by atoms with Crippen molar-refractivity contribution in [3.8, 4) is 0 Å². The van der Waals surface area contributed by atoms with Crippen LogP contribution in [0.25, 0.3) is 0 Å². The predicted molar refractivity (Wildman–Crippen MR) is 89.9 cm³/mol. The molecule has 25 heavy (non-hydrogen) atoms. The summed E-state index contributed by atoms with van der Waals surface area (Å²) in [5.41, 5.74) is -0.742. The average Bonchev–Trinajstić information content (AvgIpc) is 3.16. The zero-order valence-electron chi connectivity index (χ0n) is 13.0. The molecule has 1 fully saturated rings. The molecular weight excluding hydrogens is 375 g/mol. The zero-order chi connectivity index (χ0) is 18.1. The lowest BCUT2D eigenvalue weighted by molar-refractivity contribution is -0.137. The summed E-state index contributed by atoms with van der Waals surface area (Å²) in [4.78, 5) is 6.18. The number of hydrogen-bond donors (Lipinski definition) is 1. The molecule has 136 valence electrons. The molecule has 1 atom stereocenters. The number of benzene rings is 1. The first-order chi connectivity index (χ1) is 11.7. The fraction of sp³-hybridized carbons (Fsp3) is 0.400. The first-order valence-corrected chi connectivity index (χ1v) is 10.1. The van der Waals surface area contributed by atoms with Gasteiger partial charge in [0.15, 0.2) is 5.13 Å². The summed E-state index contributed by atoms with van der Waals surface area (Å²) in [6, 6.07) is 4.11. The average molecular weight is 391 g/mol. The Morgan fingerprint density at radius 3 is 2.84 bits per heavy atom. The molecule has 1 saturated heterocycles. The third-order valence-corrected chi connectivity index (χ3v) is 6.07. The van der Waals surface area contributed by atoms with Gasteiger partial charge in [-0.05, 0) is 18.1 Å². The van der Waals surface area contributed by atoms with Gasteiger partial charge in [-0.3, -0.25) is 0 Å². The maximum Gasteiger partial charge on any atom is 0.416 e. The van der Waals surface area contributed by atoms with Gasteiger partial charge in [-0.2, -0.15) is 13.2 Å². The van der Waals surface area contributed by atoms with E-state index in [1.807, 2.05) is 10.3 Å². The van der Waals surface area contributed by atoms with Crippen LogP contribution in [0.3, 0.4) is 0 Å². The zero-order valence-corrected chi connectivity index (χ0v) is 14.7. The quantitative estimate of drug-likeness (QED) is 0.851. The monoisotopic (exact) mass is 391 g/mol. The van der Waals surface area contributed by atoms with E-state index in [-0.39, 0.29) is 11.6 Å². The minimum Gasteiger partial charge on any atom is -0.346 e. The molecule has 10 heteroatoms. The van der Waals surface area contributed by atoms with Gasteiger partial charge in [-0.1, -0.05) is 18.2 Å². The molecule has 0 aliphatic carbocycles. The number of alkyl halides is 3. The number of nitrogens with zero attached hydrogens (tertiary/aromatic N) is 2. The summed E-state index contributed by atoms with van der Waals surface area (Å²) in [7, 11) is -3.73. The van der Waals surface area contributed by atoms with Crippen molar-refractivity contribution < 1.29 is 21.6 Å². The van der Waals surface area contributed by atoms with Crippen molar-refractivity contribution in [2.24, 2.45) is 0 Å². The van der Waals surface area contributed by atoms with Crippen LogP contribution in [-0.4, -0.2) is 32.5 Å². The molecule has 0 amide bonds. The van der Waals surface area contributed by atoms with Crippen molar-refractivity contribution >= 4 is 26.5 Å². The second-order valence-corrected chi connectivity index (χ2v) is 8.45. The maximum absolute atomic E-state index is 12.7. The molecule has 2 aromatic rings. The molecule has 5 nitrogen and oxygen atoms in total. The Kier molecular flexibility index (Phi) is 5.03. The number of aromatic nitrogens is 1. The van der Waals surface area contributed by atoms with E-state index in [0.717, 1.165) is 17.3 Å². The van der Waals surface area contributed by atoms with Gasteiger partial charge in [0, 0.05) is 30.7 Å². The van der Waals surface area contributed by atoms with Crippen molar-refractivity contribution in [2.45, 2.75) is 24.4 Å². The summed E-state index contributed by atoms with van der Waals surface area (Å²) in [5, 5.41) is 2.68. The minimum atomic E-state index is -4.49. The van der Waals surface area contributed by atoms with Crippen LogP contribution in [0.15, 0.2) is 35.8 Å². The Bertz CT molecular complexity index is 823. The lowest BCUT2D eigenvalue weighted by Crippen LogP contribution is -2.37. The molecule has 1 aliphatic rings. The van der Waals surface area contributed by atoms with Crippen LogP contribution in [0, 0.1) is 0 Å². The SMILES string of the molecule is O=S(=O)(Cc1cccc(C(F)(F)F)c1)NC1CCN(c2nccs2)C1. The van der Waals surface area contributed by atoms with Crippen LogP contribution in [0.5, 0.6) is 0 Å². The van der Waals surface area contributed by atoms with Gasteiger partial charge in [0.05, 0.1) is 11.3 Å². The van der Waals surface area contributed by atoms with Gasteiger partial charge in [0.25, 0.3) is 0 Å². The van der Waals surface area contributed by atoms with E-state index in [1.54, 1.807) is 6.20 Å². The predicted octanol–water partition coefficient (Wildman–Crippen LogP) is 2.86. The highest BCUT2D eigenvalue weighted by Gasteiger charge is 2.31. The van der Waals surface area contributed by atoms with E-state index in [2.05, 4.69) is 9.71 Å². The van der Waals surface area contributed by atoms with Crippen molar-refractivity contribution in [2.75, 3.05) is 18.0 Å². The number of nitrogens with one attached hydrogen (secondary N) is 1.